The number of hydrogen-bond acceptors (Lipinski definition) is 4. The summed E-state index contributed by atoms with van der Waals surface area (Å²) in [5.41, 5.74) is 2.33. The summed E-state index contributed by atoms with van der Waals surface area (Å²) in [5, 5.41) is 7.46. The van der Waals surface area contributed by atoms with Gasteiger partial charge >= 0.3 is 0 Å². The van der Waals surface area contributed by atoms with Crippen LogP contribution < -0.4 is 9.64 Å². The van der Waals surface area contributed by atoms with Crippen LogP contribution >= 0.6 is 0 Å². The van der Waals surface area contributed by atoms with Gasteiger partial charge in [-0.2, -0.15) is 5.10 Å². The van der Waals surface area contributed by atoms with Crippen molar-refractivity contribution in [2.24, 2.45) is 0 Å². The van der Waals surface area contributed by atoms with Crippen LogP contribution in [-0.4, -0.2) is 53.8 Å². The molecule has 7 heteroatoms. The van der Waals surface area contributed by atoms with Crippen molar-refractivity contribution in [3.05, 3.63) is 66.0 Å². The topological polar surface area (TPSA) is 61.5 Å². The maximum Gasteiger partial charge on any atom is 0.257 e. The second-order valence-corrected chi connectivity index (χ2v) is 7.21. The Morgan fingerprint density at radius 3 is 2.70 bits per heavy atom. The van der Waals surface area contributed by atoms with Gasteiger partial charge in [0.05, 0.1) is 17.9 Å². The average molecular weight is 408 g/mol. The number of nitrogens with zero attached hydrogens (tertiary/aromatic N) is 3. The third-order valence-electron chi connectivity index (χ3n) is 5.24. The Hall–Kier alpha value is -3.35. The van der Waals surface area contributed by atoms with Crippen molar-refractivity contribution in [2.45, 2.75) is 13.3 Å². The van der Waals surface area contributed by atoms with Crippen LogP contribution in [0, 0.1) is 5.82 Å². The molecule has 4 rings (SSSR count). The number of hydrogen-bond donors (Lipinski definition) is 1. The molecule has 2 heterocycles. The zero-order valence-electron chi connectivity index (χ0n) is 17.0. The van der Waals surface area contributed by atoms with Crippen LogP contribution in [0.15, 0.2) is 54.6 Å². The lowest BCUT2D eigenvalue weighted by Crippen LogP contribution is -2.35. The summed E-state index contributed by atoms with van der Waals surface area (Å²) in [6.07, 6.45) is 0.848. The quantitative estimate of drug-likeness (QED) is 0.694. The number of ether oxygens (including phenoxy) is 1. The molecule has 1 amide bonds. The highest BCUT2D eigenvalue weighted by atomic mass is 19.1. The highest BCUT2D eigenvalue weighted by Crippen LogP contribution is 2.24. The molecule has 0 bridgehead atoms. The van der Waals surface area contributed by atoms with E-state index in [2.05, 4.69) is 15.1 Å². The fourth-order valence-electron chi connectivity index (χ4n) is 3.70. The van der Waals surface area contributed by atoms with Gasteiger partial charge in [-0.3, -0.25) is 9.89 Å². The van der Waals surface area contributed by atoms with E-state index in [1.54, 1.807) is 12.1 Å². The van der Waals surface area contributed by atoms with E-state index in [4.69, 9.17) is 4.74 Å². The van der Waals surface area contributed by atoms with Gasteiger partial charge in [-0.15, -0.1) is 0 Å². The molecular formula is C23H25FN4O2. The van der Waals surface area contributed by atoms with Crippen molar-refractivity contribution < 1.29 is 13.9 Å². The Labute approximate surface area is 175 Å². The van der Waals surface area contributed by atoms with Crippen molar-refractivity contribution in [3.8, 4) is 17.0 Å². The van der Waals surface area contributed by atoms with E-state index in [0.29, 0.717) is 37.6 Å². The lowest BCUT2D eigenvalue weighted by Gasteiger charge is -2.22. The Morgan fingerprint density at radius 2 is 1.90 bits per heavy atom. The highest BCUT2D eigenvalue weighted by molar-refractivity contribution is 5.97. The van der Waals surface area contributed by atoms with Gasteiger partial charge in [0, 0.05) is 32.2 Å². The maximum atomic E-state index is 13.2. The fourth-order valence-corrected chi connectivity index (χ4v) is 3.70. The number of halogens is 1. The molecule has 1 aromatic heterocycles. The summed E-state index contributed by atoms with van der Waals surface area (Å²) >= 11 is 0. The van der Waals surface area contributed by atoms with Crippen molar-refractivity contribution in [1.29, 1.82) is 0 Å². The molecule has 0 saturated carbocycles. The van der Waals surface area contributed by atoms with Crippen LogP contribution in [0.3, 0.4) is 0 Å². The van der Waals surface area contributed by atoms with Gasteiger partial charge in [-0.1, -0.05) is 12.1 Å². The van der Waals surface area contributed by atoms with E-state index >= 15 is 0 Å². The number of benzene rings is 2. The summed E-state index contributed by atoms with van der Waals surface area (Å²) < 4.78 is 18.8. The average Bonchev–Trinajstić information content (AvgIpc) is 3.12. The first kappa shape index (κ1) is 19.9. The van der Waals surface area contributed by atoms with E-state index < -0.39 is 0 Å². The van der Waals surface area contributed by atoms with Gasteiger partial charge in [-0.25, -0.2) is 4.39 Å². The molecule has 6 nitrogen and oxygen atoms in total. The van der Waals surface area contributed by atoms with Crippen LogP contribution in [0.1, 0.15) is 23.7 Å². The molecule has 2 aromatic carbocycles. The summed E-state index contributed by atoms with van der Waals surface area (Å²) in [7, 11) is 0. The molecule has 1 aliphatic heterocycles. The standard InChI is InChI=1S/C23H25FN4O2/c1-2-30-21-7-4-3-6-19(21)23(29)28-13-5-12-27(14-15-28)22-16-20(25-26-22)17-8-10-18(24)11-9-17/h3-4,6-11,16H,2,5,12-15H2,1H3,(H,25,26). The normalized spacial score (nSPS) is 14.5. The molecule has 30 heavy (non-hydrogen) atoms. The van der Waals surface area contributed by atoms with Gasteiger partial charge in [-0.05, 0) is 55.3 Å². The van der Waals surface area contributed by atoms with Crippen LogP contribution in [0.25, 0.3) is 11.3 Å². The number of aromatic amines is 1. The van der Waals surface area contributed by atoms with E-state index in [1.807, 2.05) is 42.2 Å². The molecule has 156 valence electrons. The zero-order chi connectivity index (χ0) is 20.9. The van der Waals surface area contributed by atoms with E-state index in [1.165, 1.54) is 12.1 Å². The van der Waals surface area contributed by atoms with Gasteiger partial charge in [0.1, 0.15) is 11.6 Å². The lowest BCUT2D eigenvalue weighted by atomic mass is 10.1. The molecule has 1 N–H and O–H groups in total. The number of aromatic nitrogens is 2. The van der Waals surface area contributed by atoms with Gasteiger partial charge in [0.15, 0.2) is 5.82 Å². The van der Waals surface area contributed by atoms with E-state index in [9.17, 15) is 9.18 Å². The second-order valence-electron chi connectivity index (χ2n) is 7.21. The molecule has 0 radical (unpaired) electrons. The van der Waals surface area contributed by atoms with Crippen LogP contribution in [0.4, 0.5) is 10.2 Å². The van der Waals surface area contributed by atoms with Crippen molar-refractivity contribution in [3.63, 3.8) is 0 Å². The molecule has 1 aliphatic rings. The lowest BCUT2D eigenvalue weighted by molar-refractivity contribution is 0.0763. The van der Waals surface area contributed by atoms with Crippen LogP contribution in [0.5, 0.6) is 5.75 Å². The molecule has 1 fully saturated rings. The third-order valence-corrected chi connectivity index (χ3v) is 5.24. The number of amides is 1. The largest absolute Gasteiger partial charge is 0.493 e. The monoisotopic (exact) mass is 408 g/mol. The maximum absolute atomic E-state index is 13.2. The molecule has 0 aliphatic carbocycles. The molecule has 0 atom stereocenters. The van der Waals surface area contributed by atoms with Crippen LogP contribution in [-0.2, 0) is 0 Å². The van der Waals surface area contributed by atoms with Gasteiger partial charge in [0.2, 0.25) is 0 Å². The zero-order valence-corrected chi connectivity index (χ0v) is 17.0. The highest BCUT2D eigenvalue weighted by Gasteiger charge is 2.23. The van der Waals surface area contributed by atoms with E-state index in [-0.39, 0.29) is 11.7 Å². The van der Waals surface area contributed by atoms with Crippen molar-refractivity contribution in [1.82, 2.24) is 15.1 Å². The number of nitrogens with one attached hydrogen (secondary N) is 1. The Morgan fingerprint density at radius 1 is 1.10 bits per heavy atom. The smallest absolute Gasteiger partial charge is 0.257 e. The minimum absolute atomic E-state index is 0.00470. The first-order valence-corrected chi connectivity index (χ1v) is 10.2. The number of H-pyrrole nitrogens is 1. The first-order chi connectivity index (χ1) is 14.7. The molecule has 3 aromatic rings. The Kier molecular flexibility index (Phi) is 5.97. The first-order valence-electron chi connectivity index (χ1n) is 10.2. The Balaban J connectivity index is 1.45. The summed E-state index contributed by atoms with van der Waals surface area (Å²) in [6.45, 7) is 5.23. The predicted octanol–water partition coefficient (Wildman–Crippen LogP) is 3.97. The minimum Gasteiger partial charge on any atom is -0.493 e. The molecule has 0 unspecified atom stereocenters. The molecular weight excluding hydrogens is 383 g/mol. The summed E-state index contributed by atoms with van der Waals surface area (Å²) in [6, 6.07) is 15.7. The summed E-state index contributed by atoms with van der Waals surface area (Å²) in [4.78, 5) is 17.1. The SMILES string of the molecule is CCOc1ccccc1C(=O)N1CCCN(c2cc(-c3ccc(F)cc3)[nH]n2)CC1. The number of rotatable bonds is 5. The predicted molar refractivity (Wildman–Crippen MR) is 114 cm³/mol. The number of para-hydroxylation sites is 1. The minimum atomic E-state index is -0.262. The second kappa shape index (κ2) is 8.98. The molecule has 0 spiro atoms. The van der Waals surface area contributed by atoms with E-state index in [0.717, 1.165) is 30.0 Å². The third kappa shape index (κ3) is 4.30. The fraction of sp³-hybridized carbons (Fsp3) is 0.304. The summed E-state index contributed by atoms with van der Waals surface area (Å²) in [5.74, 6) is 1.19. The van der Waals surface area contributed by atoms with Gasteiger partial charge < -0.3 is 14.5 Å². The van der Waals surface area contributed by atoms with Gasteiger partial charge in [0.25, 0.3) is 5.91 Å². The Bertz CT molecular complexity index is 1000. The number of carbonyl (C=O) groups excluding carboxylic acids is 1. The van der Waals surface area contributed by atoms with Crippen molar-refractivity contribution >= 4 is 11.7 Å². The number of anilines is 1. The van der Waals surface area contributed by atoms with Crippen molar-refractivity contribution in [2.75, 3.05) is 37.7 Å². The number of carbonyl (C=O) groups is 1. The molecule has 1 saturated heterocycles. The van der Waals surface area contributed by atoms with Crippen LogP contribution in [0.2, 0.25) is 0 Å².